The van der Waals surface area contributed by atoms with Crippen molar-refractivity contribution in [3.63, 3.8) is 0 Å². The van der Waals surface area contributed by atoms with Crippen molar-refractivity contribution in [2.24, 2.45) is 0 Å². The summed E-state index contributed by atoms with van der Waals surface area (Å²) in [6.45, 7) is 7.48. The normalized spacial score (nSPS) is 10.8. The fraction of sp³-hybridized carbons (Fsp3) is 0.259. The number of aliphatic carboxylic acids is 1. The van der Waals surface area contributed by atoms with Crippen molar-refractivity contribution in [2.45, 2.75) is 32.4 Å². The molecule has 13 heteroatoms. The van der Waals surface area contributed by atoms with Gasteiger partial charge in [-0.15, -0.1) is 0 Å². The number of nitrogens with zero attached hydrogens (tertiary/aromatic N) is 5. The molecule has 0 aliphatic carbocycles. The molecule has 40 heavy (non-hydrogen) atoms. The van der Waals surface area contributed by atoms with E-state index in [9.17, 15) is 9.90 Å². The molecule has 5 N–H and O–H groups in total. The molecule has 0 aliphatic heterocycles. The van der Waals surface area contributed by atoms with E-state index in [4.69, 9.17) is 19.8 Å². The predicted molar refractivity (Wildman–Crippen MR) is 146 cm³/mol. The van der Waals surface area contributed by atoms with E-state index in [-0.39, 0.29) is 25.2 Å². The molecule has 0 saturated carbocycles. The Balaban J connectivity index is 0.000000621. The highest BCUT2D eigenvalue weighted by atomic mass is 16.4. The Morgan fingerprint density at radius 3 is 2.35 bits per heavy atom. The molecular formula is C27H31N7O6. The zero-order valence-electron chi connectivity index (χ0n) is 22.1. The van der Waals surface area contributed by atoms with Gasteiger partial charge in [-0.2, -0.15) is 29.2 Å². The second-order valence-corrected chi connectivity index (χ2v) is 8.47. The minimum absolute atomic E-state index is 0.145. The molecule has 1 aromatic carbocycles. The summed E-state index contributed by atoms with van der Waals surface area (Å²) in [5.41, 5.74) is 4.77. The molecule has 1 atom stereocenters. The highest BCUT2D eigenvalue weighted by Crippen LogP contribution is 2.23. The first-order chi connectivity index (χ1) is 19.2. The third-order valence-electron chi connectivity index (χ3n) is 5.26. The lowest BCUT2D eigenvalue weighted by atomic mass is 10.1. The van der Waals surface area contributed by atoms with Gasteiger partial charge < -0.3 is 26.0 Å². The Bertz CT molecular complexity index is 1400. The number of hydrogen-bond acceptors (Lipinski definition) is 11. The van der Waals surface area contributed by atoms with Gasteiger partial charge in [0, 0.05) is 36.5 Å². The number of aliphatic hydroxyl groups is 2. The molecule has 0 unspecified atom stereocenters. The molecule has 0 saturated heterocycles. The maximum absolute atomic E-state index is 9.66. The molecule has 4 rings (SSSR count). The summed E-state index contributed by atoms with van der Waals surface area (Å²) in [6, 6.07) is 14.0. The zero-order valence-corrected chi connectivity index (χ0v) is 22.1. The zero-order chi connectivity index (χ0) is 29.5. The molecule has 4 aromatic rings. The molecular weight excluding hydrogens is 518 g/mol. The number of nitrogens with one attached hydrogen (secondary N) is 2. The third-order valence-corrected chi connectivity index (χ3v) is 5.26. The molecule has 3 heterocycles. The van der Waals surface area contributed by atoms with Crippen molar-refractivity contribution < 1.29 is 29.7 Å². The fourth-order valence-electron chi connectivity index (χ4n) is 3.28. The van der Waals surface area contributed by atoms with E-state index in [1.165, 1.54) is 0 Å². The monoisotopic (exact) mass is 549 g/mol. The van der Waals surface area contributed by atoms with Crippen LogP contribution < -0.4 is 10.6 Å². The molecule has 13 nitrogen and oxygen atoms in total. The van der Waals surface area contributed by atoms with Gasteiger partial charge in [0.2, 0.25) is 11.9 Å². The first-order valence-electron chi connectivity index (χ1n) is 12.1. The predicted octanol–water partition coefficient (Wildman–Crippen LogP) is 2.36. The number of pyridine rings is 1. The van der Waals surface area contributed by atoms with Crippen molar-refractivity contribution in [3.8, 4) is 11.3 Å². The van der Waals surface area contributed by atoms with Crippen molar-refractivity contribution in [2.75, 3.05) is 23.8 Å². The van der Waals surface area contributed by atoms with E-state index in [0.29, 0.717) is 24.1 Å². The van der Waals surface area contributed by atoms with Gasteiger partial charge in [-0.1, -0.05) is 50.8 Å². The van der Waals surface area contributed by atoms with Crippen molar-refractivity contribution in [1.29, 1.82) is 0 Å². The van der Waals surface area contributed by atoms with Crippen LogP contribution in [0.3, 0.4) is 0 Å². The Morgan fingerprint density at radius 2 is 1.80 bits per heavy atom. The summed E-state index contributed by atoms with van der Waals surface area (Å²) >= 11 is 0. The molecule has 210 valence electrons. The number of benzene rings is 1. The summed E-state index contributed by atoms with van der Waals surface area (Å²) in [7, 11) is 0. The topological polar surface area (TPSA) is 192 Å². The van der Waals surface area contributed by atoms with Gasteiger partial charge in [-0.25, -0.2) is 4.79 Å². The minimum Gasteiger partial charge on any atom is -0.478 e. The average Bonchev–Trinajstić information content (AvgIpc) is 3.40. The SMILES string of the molecule is C=CC(=O)O.CC(C)c1cnn2c(NCc3ccc(-c4ccccn4)cc3)nc(NC[C@@H](O)CO)nc12.O=C=O. The summed E-state index contributed by atoms with van der Waals surface area (Å²) < 4.78 is 1.69. The number of carbonyl (C=O) groups excluding carboxylic acids is 2. The lowest BCUT2D eigenvalue weighted by molar-refractivity contribution is -0.191. The van der Waals surface area contributed by atoms with Gasteiger partial charge >= 0.3 is 12.1 Å². The first kappa shape index (κ1) is 31.2. The smallest absolute Gasteiger partial charge is 0.373 e. The third kappa shape index (κ3) is 9.40. The number of carboxylic acid groups (broad SMARTS) is 1. The molecule has 0 fully saturated rings. The van der Waals surface area contributed by atoms with Crippen LogP contribution in [0.2, 0.25) is 0 Å². The van der Waals surface area contributed by atoms with Crippen LogP contribution in [0.4, 0.5) is 11.9 Å². The van der Waals surface area contributed by atoms with Crippen LogP contribution in [0.1, 0.15) is 30.9 Å². The molecule has 0 aliphatic rings. The van der Waals surface area contributed by atoms with Crippen LogP contribution in [0.25, 0.3) is 16.9 Å². The van der Waals surface area contributed by atoms with Crippen LogP contribution in [0.15, 0.2) is 67.5 Å². The second kappa shape index (κ2) is 16.1. The van der Waals surface area contributed by atoms with Crippen LogP contribution in [-0.4, -0.2) is 71.3 Å². The highest BCUT2D eigenvalue weighted by molar-refractivity contribution is 5.78. The number of carboxylic acids is 1. The number of hydrogen-bond donors (Lipinski definition) is 5. The maximum Gasteiger partial charge on any atom is 0.373 e. The lowest BCUT2D eigenvalue weighted by Crippen LogP contribution is -2.24. The standard InChI is InChI=1S/C23H27N7O2.C3H4O2.CO2/c1-15(2)19-13-27-30-21(19)28-22(25-12-18(32)14-31)29-23(30)26-11-16-6-8-17(9-7-16)20-5-3-4-10-24-20;1-2-3(4)5;2-1-3/h3-10,13,15,18,31-32H,11-12,14H2,1-2H3,(H2,25,26,28,29);2H,1H2,(H,4,5);/t18-;;/m1../s1. The largest absolute Gasteiger partial charge is 0.478 e. The number of rotatable bonds is 10. The quantitative estimate of drug-likeness (QED) is 0.182. The fourth-order valence-corrected chi connectivity index (χ4v) is 3.28. The number of aromatic nitrogens is 5. The molecule has 0 amide bonds. The molecule has 3 aromatic heterocycles. The van der Waals surface area contributed by atoms with Gasteiger partial charge in [0.25, 0.3) is 0 Å². The van der Waals surface area contributed by atoms with Gasteiger partial charge in [0.15, 0.2) is 5.65 Å². The van der Waals surface area contributed by atoms with Gasteiger partial charge in [-0.3, -0.25) is 4.98 Å². The number of aliphatic hydroxyl groups excluding tert-OH is 2. The van der Waals surface area contributed by atoms with E-state index in [1.54, 1.807) is 16.9 Å². The average molecular weight is 550 g/mol. The van der Waals surface area contributed by atoms with Crippen molar-refractivity contribution in [1.82, 2.24) is 24.6 Å². The Kier molecular flexibility index (Phi) is 12.6. The molecule has 0 spiro atoms. The molecule has 0 radical (unpaired) electrons. The summed E-state index contributed by atoms with van der Waals surface area (Å²) in [5, 5.41) is 37.1. The molecule has 0 bridgehead atoms. The van der Waals surface area contributed by atoms with Crippen molar-refractivity contribution >= 4 is 29.7 Å². The van der Waals surface area contributed by atoms with Gasteiger partial charge in [-0.05, 0) is 23.6 Å². The minimum atomic E-state index is -0.981. The van der Waals surface area contributed by atoms with E-state index >= 15 is 0 Å². The Morgan fingerprint density at radius 1 is 1.12 bits per heavy atom. The van der Waals surface area contributed by atoms with Crippen LogP contribution in [-0.2, 0) is 20.9 Å². The number of carbonyl (C=O) groups is 1. The van der Waals surface area contributed by atoms with Gasteiger partial charge in [0.05, 0.1) is 24.6 Å². The van der Waals surface area contributed by atoms with Gasteiger partial charge in [0.1, 0.15) is 0 Å². The van der Waals surface area contributed by atoms with E-state index in [2.05, 4.69) is 63.2 Å². The van der Waals surface area contributed by atoms with E-state index in [1.807, 2.05) is 30.3 Å². The summed E-state index contributed by atoms with van der Waals surface area (Å²) in [6.07, 6.45) is 3.78. The number of fused-ring (bicyclic) bond motifs is 1. The summed E-state index contributed by atoms with van der Waals surface area (Å²) in [5.74, 6) is 0.160. The van der Waals surface area contributed by atoms with E-state index in [0.717, 1.165) is 28.5 Å². The second-order valence-electron chi connectivity index (χ2n) is 8.47. The van der Waals surface area contributed by atoms with Crippen LogP contribution in [0.5, 0.6) is 0 Å². The Hall–Kier alpha value is -4.97. The van der Waals surface area contributed by atoms with Crippen molar-refractivity contribution in [3.05, 3.63) is 78.6 Å². The summed E-state index contributed by atoms with van der Waals surface area (Å²) in [4.78, 5) is 39.0. The Labute approximate surface area is 230 Å². The van der Waals surface area contributed by atoms with Crippen LogP contribution in [0, 0.1) is 0 Å². The van der Waals surface area contributed by atoms with E-state index < -0.39 is 12.1 Å². The number of anilines is 2. The lowest BCUT2D eigenvalue weighted by Gasteiger charge is -2.13. The highest BCUT2D eigenvalue weighted by Gasteiger charge is 2.15. The first-order valence-corrected chi connectivity index (χ1v) is 12.1. The maximum atomic E-state index is 9.66. The van der Waals surface area contributed by atoms with Crippen LogP contribution >= 0.6 is 0 Å².